The van der Waals surface area contributed by atoms with Crippen molar-refractivity contribution in [1.29, 1.82) is 0 Å². The van der Waals surface area contributed by atoms with E-state index in [1.807, 2.05) is 11.8 Å². The summed E-state index contributed by atoms with van der Waals surface area (Å²) < 4.78 is 28.0. The lowest BCUT2D eigenvalue weighted by Gasteiger charge is -2.34. The first-order valence-electron chi connectivity index (χ1n) is 12.2. The molecule has 35 heavy (non-hydrogen) atoms. The van der Waals surface area contributed by atoms with Crippen molar-refractivity contribution in [2.75, 3.05) is 44.7 Å². The van der Waals surface area contributed by atoms with Crippen LogP contribution in [0.3, 0.4) is 0 Å². The van der Waals surface area contributed by atoms with Gasteiger partial charge in [-0.1, -0.05) is 50.7 Å². The van der Waals surface area contributed by atoms with Gasteiger partial charge in [0.1, 0.15) is 0 Å². The van der Waals surface area contributed by atoms with Crippen LogP contribution < -0.4 is 4.90 Å². The highest BCUT2D eigenvalue weighted by molar-refractivity contribution is 7.89. The fourth-order valence-electron chi connectivity index (χ4n) is 4.29. The average Bonchev–Trinajstić information content (AvgIpc) is 3.31. The number of piperazine rings is 1. The highest BCUT2D eigenvalue weighted by atomic mass is 32.2. The van der Waals surface area contributed by atoms with Crippen molar-refractivity contribution in [1.82, 2.24) is 14.2 Å². The number of carbonyl (C=O) groups is 1. The number of nitrogens with zero attached hydrogens (tertiary/aromatic N) is 4. The number of fused-ring (bicyclic) bond motifs is 1. The van der Waals surface area contributed by atoms with Crippen molar-refractivity contribution in [3.8, 4) is 0 Å². The summed E-state index contributed by atoms with van der Waals surface area (Å²) in [7, 11) is -1.94. The van der Waals surface area contributed by atoms with Crippen molar-refractivity contribution in [2.45, 2.75) is 44.4 Å². The molecule has 0 radical (unpaired) electrons. The van der Waals surface area contributed by atoms with E-state index >= 15 is 0 Å². The molecule has 0 spiro atoms. The van der Waals surface area contributed by atoms with E-state index < -0.39 is 10.0 Å². The average molecular weight is 515 g/mol. The summed E-state index contributed by atoms with van der Waals surface area (Å²) in [5.74, 6) is 0.348. The number of hydrogen-bond acceptors (Lipinski definition) is 6. The number of rotatable bonds is 8. The minimum Gasteiger partial charge on any atom is -0.345 e. The SMILES string of the molecule is CCCCN(C)S(=O)(=O)c1ccc(C(=O)N2CCN(c3nc4c(C(C)C)cccc4s3)CC2)cc1. The molecular weight excluding hydrogens is 480 g/mol. The van der Waals surface area contributed by atoms with Crippen LogP contribution >= 0.6 is 11.3 Å². The molecule has 188 valence electrons. The van der Waals surface area contributed by atoms with Crippen molar-refractivity contribution < 1.29 is 13.2 Å². The van der Waals surface area contributed by atoms with E-state index in [1.54, 1.807) is 30.5 Å². The van der Waals surface area contributed by atoms with E-state index in [0.717, 1.165) is 36.6 Å². The molecule has 0 atom stereocenters. The maximum atomic E-state index is 13.1. The summed E-state index contributed by atoms with van der Waals surface area (Å²) in [4.78, 5) is 22.3. The van der Waals surface area contributed by atoms with E-state index in [0.29, 0.717) is 31.1 Å². The van der Waals surface area contributed by atoms with Crippen molar-refractivity contribution in [3.05, 3.63) is 53.6 Å². The first-order chi connectivity index (χ1) is 16.7. The van der Waals surface area contributed by atoms with Gasteiger partial charge in [0.05, 0.1) is 15.1 Å². The van der Waals surface area contributed by atoms with Gasteiger partial charge in [-0.2, -0.15) is 0 Å². The highest BCUT2D eigenvalue weighted by Crippen LogP contribution is 2.34. The first kappa shape index (κ1) is 25.6. The Hall–Kier alpha value is -2.49. The number of thiazole rings is 1. The number of benzene rings is 2. The summed E-state index contributed by atoms with van der Waals surface area (Å²) in [6.07, 6.45) is 1.74. The summed E-state index contributed by atoms with van der Waals surface area (Å²) in [6.45, 7) is 9.53. The first-order valence-corrected chi connectivity index (χ1v) is 14.5. The third-order valence-corrected chi connectivity index (χ3v) is 9.49. The summed E-state index contributed by atoms with van der Waals surface area (Å²) in [5.41, 5.74) is 2.85. The lowest BCUT2D eigenvalue weighted by atomic mass is 10.0. The van der Waals surface area contributed by atoms with Gasteiger partial charge in [-0.3, -0.25) is 4.79 Å². The number of unbranched alkanes of at least 4 members (excludes halogenated alkanes) is 1. The number of para-hydroxylation sites is 1. The van der Waals surface area contributed by atoms with Gasteiger partial charge in [-0.15, -0.1) is 0 Å². The van der Waals surface area contributed by atoms with E-state index in [4.69, 9.17) is 4.98 Å². The van der Waals surface area contributed by atoms with Crippen LogP contribution in [0.2, 0.25) is 0 Å². The van der Waals surface area contributed by atoms with Gasteiger partial charge in [0.15, 0.2) is 5.13 Å². The molecule has 7 nitrogen and oxygen atoms in total. The van der Waals surface area contributed by atoms with Crippen LogP contribution in [0, 0.1) is 0 Å². The van der Waals surface area contributed by atoms with Crippen LogP contribution in [0.25, 0.3) is 10.2 Å². The Morgan fingerprint density at radius 2 is 1.77 bits per heavy atom. The number of sulfonamides is 1. The lowest BCUT2D eigenvalue weighted by molar-refractivity contribution is 0.0746. The van der Waals surface area contributed by atoms with Gasteiger partial charge in [0, 0.05) is 45.3 Å². The van der Waals surface area contributed by atoms with Crippen LogP contribution in [0.5, 0.6) is 0 Å². The molecule has 2 heterocycles. The number of carbonyl (C=O) groups excluding carboxylic acids is 1. The van der Waals surface area contributed by atoms with E-state index in [1.165, 1.54) is 26.7 Å². The molecule has 0 bridgehead atoms. The minimum absolute atomic E-state index is 0.0701. The molecule has 0 N–H and O–H groups in total. The van der Waals surface area contributed by atoms with E-state index in [2.05, 4.69) is 36.9 Å². The highest BCUT2D eigenvalue weighted by Gasteiger charge is 2.26. The van der Waals surface area contributed by atoms with Crippen LogP contribution in [-0.4, -0.2) is 68.3 Å². The molecule has 3 aromatic rings. The maximum Gasteiger partial charge on any atom is 0.253 e. The zero-order chi connectivity index (χ0) is 25.2. The smallest absolute Gasteiger partial charge is 0.253 e. The van der Waals surface area contributed by atoms with Crippen LogP contribution in [0.1, 0.15) is 55.5 Å². The monoisotopic (exact) mass is 514 g/mol. The molecule has 1 aliphatic heterocycles. The predicted octanol–water partition coefficient (Wildman–Crippen LogP) is 4.80. The maximum absolute atomic E-state index is 13.1. The molecule has 0 aliphatic carbocycles. The molecule has 2 aromatic carbocycles. The van der Waals surface area contributed by atoms with Crippen molar-refractivity contribution in [3.63, 3.8) is 0 Å². The van der Waals surface area contributed by atoms with E-state index in [-0.39, 0.29) is 10.8 Å². The van der Waals surface area contributed by atoms with Gasteiger partial charge in [-0.25, -0.2) is 17.7 Å². The molecule has 0 unspecified atom stereocenters. The van der Waals surface area contributed by atoms with Gasteiger partial charge in [-0.05, 0) is 48.2 Å². The van der Waals surface area contributed by atoms with Crippen molar-refractivity contribution >= 4 is 42.6 Å². The van der Waals surface area contributed by atoms with Gasteiger partial charge in [0.25, 0.3) is 5.91 Å². The lowest BCUT2D eigenvalue weighted by Crippen LogP contribution is -2.48. The number of aromatic nitrogens is 1. The summed E-state index contributed by atoms with van der Waals surface area (Å²) >= 11 is 1.70. The van der Waals surface area contributed by atoms with Gasteiger partial charge >= 0.3 is 0 Å². The largest absolute Gasteiger partial charge is 0.345 e. The third-order valence-electron chi connectivity index (χ3n) is 6.53. The topological polar surface area (TPSA) is 73.8 Å². The van der Waals surface area contributed by atoms with Crippen LogP contribution in [0.15, 0.2) is 47.4 Å². The molecule has 1 saturated heterocycles. The predicted molar refractivity (Wildman–Crippen MR) is 143 cm³/mol. The molecule has 9 heteroatoms. The number of amides is 1. The van der Waals surface area contributed by atoms with E-state index in [9.17, 15) is 13.2 Å². The van der Waals surface area contributed by atoms with Crippen LogP contribution in [0.4, 0.5) is 5.13 Å². The zero-order valence-corrected chi connectivity index (χ0v) is 22.5. The molecule has 4 rings (SSSR count). The Balaban J connectivity index is 1.40. The zero-order valence-electron chi connectivity index (χ0n) is 20.9. The van der Waals surface area contributed by atoms with Gasteiger partial charge in [0.2, 0.25) is 10.0 Å². The summed E-state index contributed by atoms with van der Waals surface area (Å²) in [5, 5.41) is 1.00. The fraction of sp³-hybridized carbons (Fsp3) is 0.462. The van der Waals surface area contributed by atoms with Crippen LogP contribution in [-0.2, 0) is 10.0 Å². The second kappa shape index (κ2) is 10.6. The fourth-order valence-corrected chi connectivity index (χ4v) is 6.55. The molecule has 1 amide bonds. The van der Waals surface area contributed by atoms with Gasteiger partial charge < -0.3 is 9.80 Å². The molecule has 1 aromatic heterocycles. The second-order valence-corrected chi connectivity index (χ2v) is 12.4. The Labute approximate surface area is 212 Å². The Bertz CT molecular complexity index is 1280. The summed E-state index contributed by atoms with van der Waals surface area (Å²) in [6, 6.07) is 12.7. The number of hydrogen-bond donors (Lipinski definition) is 0. The second-order valence-electron chi connectivity index (χ2n) is 9.33. The molecule has 1 aliphatic rings. The third kappa shape index (κ3) is 5.37. The quantitative estimate of drug-likeness (QED) is 0.432. The standard InChI is InChI=1S/C26H34N4O3S2/c1-5-6-14-28(4)35(32,33)21-12-10-20(11-13-21)25(31)29-15-17-30(18-16-29)26-27-24-22(19(2)3)8-7-9-23(24)34-26/h7-13,19H,5-6,14-18H2,1-4H3. The van der Waals surface area contributed by atoms with Crippen molar-refractivity contribution in [2.24, 2.45) is 0 Å². The Kier molecular flexibility index (Phi) is 7.78. The Morgan fingerprint density at radius 3 is 2.40 bits per heavy atom. The molecule has 1 fully saturated rings. The molecular formula is C26H34N4O3S2. The normalized spacial score (nSPS) is 14.9. The molecule has 0 saturated carbocycles. The number of anilines is 1. The Morgan fingerprint density at radius 1 is 1.09 bits per heavy atom. The minimum atomic E-state index is -3.54.